The predicted octanol–water partition coefficient (Wildman–Crippen LogP) is 4.31. The van der Waals surface area contributed by atoms with Crippen LogP contribution in [0.2, 0.25) is 0 Å². The molecule has 0 saturated carbocycles. The van der Waals surface area contributed by atoms with Crippen molar-refractivity contribution in [3.05, 3.63) is 59.7 Å². The molecule has 3 rings (SSSR count). The second-order valence-electron chi connectivity index (χ2n) is 8.79. The first-order valence-corrected chi connectivity index (χ1v) is 11.5. The summed E-state index contributed by atoms with van der Waals surface area (Å²) in [5.41, 5.74) is 4.57. The molecule has 0 heterocycles. The molecule has 3 N–H and O–H groups in total. The van der Waals surface area contributed by atoms with Gasteiger partial charge in [-0.25, -0.2) is 9.59 Å². The van der Waals surface area contributed by atoms with Crippen molar-refractivity contribution < 1.29 is 24.2 Å². The van der Waals surface area contributed by atoms with Gasteiger partial charge in [0, 0.05) is 18.4 Å². The Labute approximate surface area is 194 Å². The Bertz CT molecular complexity index is 958. The molecule has 7 nitrogen and oxygen atoms in total. The van der Waals surface area contributed by atoms with Gasteiger partial charge in [-0.05, 0) is 34.6 Å². The minimum atomic E-state index is -1.07. The van der Waals surface area contributed by atoms with Crippen molar-refractivity contribution in [1.29, 1.82) is 0 Å². The number of hydrogen-bond acceptors (Lipinski definition) is 4. The van der Waals surface area contributed by atoms with Crippen LogP contribution in [0, 0.1) is 5.92 Å². The van der Waals surface area contributed by atoms with Gasteiger partial charge in [0.1, 0.15) is 12.6 Å². The SMILES string of the molecule is CCCC(CC(=O)N[C@@H](C(=O)O)C(C)C)NC(=O)OCC1c2ccccc2-c2ccccc21. The topological polar surface area (TPSA) is 105 Å². The molecule has 0 aliphatic heterocycles. The highest BCUT2D eigenvalue weighted by Gasteiger charge is 2.30. The molecule has 0 fully saturated rings. The van der Waals surface area contributed by atoms with Crippen LogP contribution >= 0.6 is 0 Å². The largest absolute Gasteiger partial charge is 0.480 e. The van der Waals surface area contributed by atoms with E-state index in [-0.39, 0.29) is 24.9 Å². The normalized spacial score (nSPS) is 14.2. The van der Waals surface area contributed by atoms with E-state index in [1.54, 1.807) is 13.8 Å². The van der Waals surface area contributed by atoms with E-state index in [1.807, 2.05) is 31.2 Å². The maximum absolute atomic E-state index is 12.6. The van der Waals surface area contributed by atoms with Gasteiger partial charge in [0.05, 0.1) is 0 Å². The fourth-order valence-electron chi connectivity index (χ4n) is 4.35. The Morgan fingerprint density at radius 3 is 2.06 bits per heavy atom. The van der Waals surface area contributed by atoms with Gasteiger partial charge in [-0.1, -0.05) is 75.7 Å². The lowest BCUT2D eigenvalue weighted by atomic mass is 9.98. The number of amides is 2. The zero-order valence-electron chi connectivity index (χ0n) is 19.3. The minimum absolute atomic E-state index is 0.00542. The highest BCUT2D eigenvalue weighted by molar-refractivity contribution is 5.84. The van der Waals surface area contributed by atoms with Crippen LogP contribution in [0.1, 0.15) is 57.1 Å². The summed E-state index contributed by atoms with van der Waals surface area (Å²) in [5, 5.41) is 14.6. The second-order valence-corrected chi connectivity index (χ2v) is 8.79. The summed E-state index contributed by atoms with van der Waals surface area (Å²) in [6.07, 6.45) is 0.751. The van der Waals surface area contributed by atoms with Gasteiger partial charge in [0.15, 0.2) is 0 Å². The lowest BCUT2D eigenvalue weighted by Crippen LogP contribution is -2.47. The van der Waals surface area contributed by atoms with Crippen LogP contribution in [0.15, 0.2) is 48.5 Å². The number of alkyl carbamates (subject to hydrolysis) is 1. The van der Waals surface area contributed by atoms with Gasteiger partial charge in [-0.15, -0.1) is 0 Å². The quantitative estimate of drug-likeness (QED) is 0.498. The van der Waals surface area contributed by atoms with Crippen molar-refractivity contribution in [3.63, 3.8) is 0 Å². The van der Waals surface area contributed by atoms with E-state index in [4.69, 9.17) is 4.74 Å². The first-order valence-electron chi connectivity index (χ1n) is 11.5. The molecular formula is C26H32N2O5. The third-order valence-corrected chi connectivity index (χ3v) is 5.98. The van der Waals surface area contributed by atoms with E-state index < -0.39 is 30.1 Å². The number of carboxylic acids is 1. The first kappa shape index (κ1) is 24.3. The number of hydrogen-bond donors (Lipinski definition) is 3. The summed E-state index contributed by atoms with van der Waals surface area (Å²) in [6, 6.07) is 14.8. The summed E-state index contributed by atoms with van der Waals surface area (Å²) in [5.74, 6) is -1.77. The lowest BCUT2D eigenvalue weighted by molar-refractivity contribution is -0.143. The maximum atomic E-state index is 12.6. The van der Waals surface area contributed by atoms with E-state index in [2.05, 4.69) is 34.9 Å². The smallest absolute Gasteiger partial charge is 0.407 e. The summed E-state index contributed by atoms with van der Waals surface area (Å²) < 4.78 is 5.58. The van der Waals surface area contributed by atoms with Crippen LogP contribution in [0.3, 0.4) is 0 Å². The molecule has 176 valence electrons. The Kier molecular flexibility index (Phi) is 8.09. The summed E-state index contributed by atoms with van der Waals surface area (Å²) in [6.45, 7) is 5.62. The van der Waals surface area contributed by atoms with Gasteiger partial charge in [0.25, 0.3) is 0 Å². The Morgan fingerprint density at radius 1 is 0.970 bits per heavy atom. The van der Waals surface area contributed by atoms with Crippen molar-refractivity contribution in [2.24, 2.45) is 5.92 Å². The van der Waals surface area contributed by atoms with E-state index in [9.17, 15) is 19.5 Å². The van der Waals surface area contributed by atoms with Crippen molar-refractivity contribution >= 4 is 18.0 Å². The maximum Gasteiger partial charge on any atom is 0.407 e. The van der Waals surface area contributed by atoms with E-state index in [0.717, 1.165) is 28.7 Å². The third-order valence-electron chi connectivity index (χ3n) is 5.98. The fraction of sp³-hybridized carbons (Fsp3) is 0.423. The summed E-state index contributed by atoms with van der Waals surface area (Å²) in [7, 11) is 0. The zero-order valence-corrected chi connectivity index (χ0v) is 19.3. The molecular weight excluding hydrogens is 420 g/mol. The van der Waals surface area contributed by atoms with Crippen LogP contribution in [0.4, 0.5) is 4.79 Å². The molecule has 1 aliphatic carbocycles. The van der Waals surface area contributed by atoms with Gasteiger partial charge >= 0.3 is 12.1 Å². The van der Waals surface area contributed by atoms with Crippen molar-refractivity contribution in [3.8, 4) is 11.1 Å². The van der Waals surface area contributed by atoms with Crippen LogP contribution in [0.5, 0.6) is 0 Å². The van der Waals surface area contributed by atoms with Crippen LogP contribution in [0.25, 0.3) is 11.1 Å². The molecule has 2 aromatic carbocycles. The highest BCUT2D eigenvalue weighted by atomic mass is 16.5. The molecule has 2 amide bonds. The Hall–Kier alpha value is -3.35. The van der Waals surface area contributed by atoms with Gasteiger partial charge < -0.3 is 20.5 Å². The molecule has 0 spiro atoms. The molecule has 1 unspecified atom stereocenters. The molecule has 0 aromatic heterocycles. The van der Waals surface area contributed by atoms with Gasteiger partial charge in [0.2, 0.25) is 5.91 Å². The molecule has 0 bridgehead atoms. The Balaban J connectivity index is 1.59. The lowest BCUT2D eigenvalue weighted by Gasteiger charge is -2.22. The number of rotatable bonds is 10. The zero-order chi connectivity index (χ0) is 24.0. The molecule has 1 aliphatic rings. The van der Waals surface area contributed by atoms with Crippen LogP contribution in [-0.2, 0) is 14.3 Å². The van der Waals surface area contributed by atoms with Crippen molar-refractivity contribution in [2.45, 2.75) is 58.0 Å². The molecule has 2 atom stereocenters. The predicted molar refractivity (Wildman–Crippen MR) is 126 cm³/mol. The number of ether oxygens (including phenoxy) is 1. The monoisotopic (exact) mass is 452 g/mol. The van der Waals surface area contributed by atoms with Crippen molar-refractivity contribution in [2.75, 3.05) is 6.61 Å². The van der Waals surface area contributed by atoms with E-state index in [0.29, 0.717) is 6.42 Å². The van der Waals surface area contributed by atoms with Crippen LogP contribution in [-0.4, -0.2) is 41.8 Å². The number of aliphatic carboxylic acids is 1. The first-order chi connectivity index (χ1) is 15.8. The minimum Gasteiger partial charge on any atom is -0.480 e. The van der Waals surface area contributed by atoms with E-state index in [1.165, 1.54) is 0 Å². The molecule has 0 radical (unpaired) electrons. The number of benzene rings is 2. The fourth-order valence-corrected chi connectivity index (χ4v) is 4.35. The Morgan fingerprint density at radius 2 is 1.55 bits per heavy atom. The van der Waals surface area contributed by atoms with Gasteiger partial charge in [-0.3, -0.25) is 4.79 Å². The second kappa shape index (κ2) is 11.0. The molecule has 0 saturated heterocycles. The summed E-state index contributed by atoms with van der Waals surface area (Å²) >= 11 is 0. The third kappa shape index (κ3) is 5.92. The standard InChI is InChI=1S/C26H32N2O5/c1-4-9-17(14-23(29)28-24(16(2)3)25(30)31)27-26(32)33-15-22-20-12-7-5-10-18(20)19-11-6-8-13-21(19)22/h5-8,10-13,16-17,22,24H,4,9,14-15H2,1-3H3,(H,27,32)(H,28,29)(H,30,31)/t17?,24-/m1/s1. The summed E-state index contributed by atoms with van der Waals surface area (Å²) in [4.78, 5) is 36.3. The number of carboxylic acid groups (broad SMARTS) is 1. The van der Waals surface area contributed by atoms with Crippen LogP contribution < -0.4 is 10.6 Å². The molecule has 7 heteroatoms. The number of carbonyl (C=O) groups excluding carboxylic acids is 2. The number of carbonyl (C=O) groups is 3. The average molecular weight is 453 g/mol. The molecule has 2 aromatic rings. The number of fused-ring (bicyclic) bond motifs is 3. The van der Waals surface area contributed by atoms with Crippen molar-refractivity contribution in [1.82, 2.24) is 10.6 Å². The highest BCUT2D eigenvalue weighted by Crippen LogP contribution is 2.44. The number of nitrogens with one attached hydrogen (secondary N) is 2. The average Bonchev–Trinajstić information content (AvgIpc) is 3.09. The molecule has 33 heavy (non-hydrogen) atoms. The van der Waals surface area contributed by atoms with E-state index >= 15 is 0 Å². The van der Waals surface area contributed by atoms with Gasteiger partial charge in [-0.2, -0.15) is 0 Å².